The molecule has 0 bridgehead atoms. The first kappa shape index (κ1) is 22.8. The van der Waals surface area contributed by atoms with Crippen molar-refractivity contribution in [2.45, 2.75) is 53.4 Å². The van der Waals surface area contributed by atoms with Gasteiger partial charge in [-0.05, 0) is 36.8 Å². The van der Waals surface area contributed by atoms with Crippen molar-refractivity contribution in [1.29, 1.82) is 0 Å². The lowest BCUT2D eigenvalue weighted by Gasteiger charge is -2.12. The van der Waals surface area contributed by atoms with Crippen LogP contribution in [0, 0.1) is 11.8 Å². The molecule has 0 radical (unpaired) electrons. The maximum Gasteiger partial charge on any atom is 0.123 e. The molecule has 4 heteroatoms. The summed E-state index contributed by atoms with van der Waals surface area (Å²) in [7, 11) is 0. The molecule has 0 aliphatic heterocycles. The molecule has 1 aromatic rings. The molecule has 150 valence electrons. The van der Waals surface area contributed by atoms with Gasteiger partial charge in [-0.15, -0.1) is 0 Å². The van der Waals surface area contributed by atoms with E-state index in [-0.39, 0.29) is 0 Å². The molecule has 0 aliphatic rings. The van der Waals surface area contributed by atoms with Crippen LogP contribution in [-0.4, -0.2) is 39.6 Å². The summed E-state index contributed by atoms with van der Waals surface area (Å²) in [5.74, 6) is 3.07. The number of hydrogen-bond donors (Lipinski definition) is 0. The molecule has 0 heterocycles. The minimum atomic E-state index is 0.558. The van der Waals surface area contributed by atoms with E-state index in [0.29, 0.717) is 26.4 Å². The number of ether oxygens (including phenoxy) is 4. The molecule has 26 heavy (non-hydrogen) atoms. The molecule has 0 aromatic heterocycles. The Morgan fingerprint density at radius 2 is 1.15 bits per heavy atom. The van der Waals surface area contributed by atoms with Gasteiger partial charge in [-0.25, -0.2) is 0 Å². The van der Waals surface area contributed by atoms with E-state index in [0.717, 1.165) is 49.4 Å². The maximum absolute atomic E-state index is 5.73. The second-order valence-electron chi connectivity index (χ2n) is 7.00. The maximum atomic E-state index is 5.73. The Bertz CT molecular complexity index is 412. The van der Waals surface area contributed by atoms with Gasteiger partial charge in [0.25, 0.3) is 0 Å². The van der Waals surface area contributed by atoms with Crippen LogP contribution in [0.5, 0.6) is 11.5 Å². The van der Waals surface area contributed by atoms with E-state index in [1.807, 2.05) is 24.3 Å². The van der Waals surface area contributed by atoms with Gasteiger partial charge in [0, 0.05) is 19.3 Å². The molecule has 0 spiro atoms. The quantitative estimate of drug-likeness (QED) is 0.370. The third kappa shape index (κ3) is 11.4. The SMILES string of the molecule is CCC(C)CCOCCOc1cccc(OCCOCCC(C)CC)c1. The van der Waals surface area contributed by atoms with Crippen molar-refractivity contribution in [3.63, 3.8) is 0 Å². The molecule has 1 rings (SSSR count). The van der Waals surface area contributed by atoms with Crippen molar-refractivity contribution in [2.75, 3.05) is 39.6 Å². The van der Waals surface area contributed by atoms with Crippen LogP contribution in [0.15, 0.2) is 24.3 Å². The van der Waals surface area contributed by atoms with Gasteiger partial charge in [-0.3, -0.25) is 0 Å². The summed E-state index contributed by atoms with van der Waals surface area (Å²) >= 11 is 0. The average molecular weight is 367 g/mol. The molecular weight excluding hydrogens is 328 g/mol. The lowest BCUT2D eigenvalue weighted by molar-refractivity contribution is 0.0889. The summed E-state index contributed by atoms with van der Waals surface area (Å²) in [5, 5.41) is 0. The van der Waals surface area contributed by atoms with Gasteiger partial charge in [0.05, 0.1) is 13.2 Å². The summed E-state index contributed by atoms with van der Waals surface area (Å²) in [6.07, 6.45) is 4.63. The van der Waals surface area contributed by atoms with Gasteiger partial charge >= 0.3 is 0 Å². The van der Waals surface area contributed by atoms with E-state index >= 15 is 0 Å². The normalized spacial score (nSPS) is 13.4. The third-order valence-corrected chi connectivity index (χ3v) is 4.70. The third-order valence-electron chi connectivity index (χ3n) is 4.70. The van der Waals surface area contributed by atoms with Crippen molar-refractivity contribution in [2.24, 2.45) is 11.8 Å². The Morgan fingerprint density at radius 3 is 1.58 bits per heavy atom. The number of hydrogen-bond acceptors (Lipinski definition) is 4. The van der Waals surface area contributed by atoms with E-state index in [1.165, 1.54) is 12.8 Å². The Labute approximate surface area is 160 Å². The smallest absolute Gasteiger partial charge is 0.123 e. The Hall–Kier alpha value is -1.26. The molecule has 2 unspecified atom stereocenters. The highest BCUT2D eigenvalue weighted by Gasteiger charge is 2.01. The standard InChI is InChI=1S/C22H38O4/c1-5-19(3)10-12-23-14-16-25-21-8-7-9-22(18-21)26-17-15-24-13-11-20(4)6-2/h7-9,18-20H,5-6,10-17H2,1-4H3. The largest absolute Gasteiger partial charge is 0.491 e. The van der Waals surface area contributed by atoms with E-state index in [2.05, 4.69) is 27.7 Å². The van der Waals surface area contributed by atoms with E-state index < -0.39 is 0 Å². The second kappa shape index (κ2) is 14.9. The van der Waals surface area contributed by atoms with E-state index in [4.69, 9.17) is 18.9 Å². The van der Waals surface area contributed by atoms with Gasteiger partial charge in [0.15, 0.2) is 0 Å². The Balaban J connectivity index is 2.10. The highest BCUT2D eigenvalue weighted by Crippen LogP contribution is 2.19. The summed E-state index contributed by atoms with van der Waals surface area (Å²) in [6, 6.07) is 7.74. The van der Waals surface area contributed by atoms with Crippen LogP contribution >= 0.6 is 0 Å². The van der Waals surface area contributed by atoms with Crippen LogP contribution in [0.4, 0.5) is 0 Å². The van der Waals surface area contributed by atoms with Gasteiger partial charge in [0.2, 0.25) is 0 Å². The molecule has 0 saturated carbocycles. The zero-order valence-corrected chi connectivity index (χ0v) is 17.2. The Morgan fingerprint density at radius 1 is 0.692 bits per heavy atom. The molecule has 0 fully saturated rings. The summed E-state index contributed by atoms with van der Waals surface area (Å²) in [6.45, 7) is 12.9. The number of rotatable bonds is 16. The van der Waals surface area contributed by atoms with Crippen molar-refractivity contribution in [3.05, 3.63) is 24.3 Å². The van der Waals surface area contributed by atoms with Crippen LogP contribution in [0.25, 0.3) is 0 Å². The second-order valence-corrected chi connectivity index (χ2v) is 7.00. The van der Waals surface area contributed by atoms with Crippen LogP contribution in [0.2, 0.25) is 0 Å². The van der Waals surface area contributed by atoms with Gasteiger partial charge in [0.1, 0.15) is 24.7 Å². The predicted molar refractivity (Wildman–Crippen MR) is 107 cm³/mol. The van der Waals surface area contributed by atoms with Crippen LogP contribution in [0.3, 0.4) is 0 Å². The molecule has 0 N–H and O–H groups in total. The molecule has 2 atom stereocenters. The molecule has 0 saturated heterocycles. The first-order valence-electron chi connectivity index (χ1n) is 10.2. The molecular formula is C22H38O4. The monoisotopic (exact) mass is 366 g/mol. The van der Waals surface area contributed by atoms with Crippen LogP contribution in [-0.2, 0) is 9.47 Å². The van der Waals surface area contributed by atoms with Crippen molar-refractivity contribution < 1.29 is 18.9 Å². The minimum Gasteiger partial charge on any atom is -0.491 e. The first-order valence-corrected chi connectivity index (χ1v) is 10.2. The summed E-state index contributed by atoms with van der Waals surface area (Å²) in [5.41, 5.74) is 0. The highest BCUT2D eigenvalue weighted by atomic mass is 16.5. The number of benzene rings is 1. The molecule has 0 aliphatic carbocycles. The fourth-order valence-corrected chi connectivity index (χ4v) is 2.27. The highest BCUT2D eigenvalue weighted by molar-refractivity contribution is 5.32. The van der Waals surface area contributed by atoms with Gasteiger partial charge in [-0.1, -0.05) is 46.6 Å². The summed E-state index contributed by atoms with van der Waals surface area (Å²) < 4.78 is 22.7. The van der Waals surface area contributed by atoms with Crippen LogP contribution < -0.4 is 9.47 Å². The zero-order chi connectivity index (χ0) is 19.0. The van der Waals surface area contributed by atoms with Crippen molar-refractivity contribution in [1.82, 2.24) is 0 Å². The molecule has 4 nitrogen and oxygen atoms in total. The van der Waals surface area contributed by atoms with E-state index in [9.17, 15) is 0 Å². The van der Waals surface area contributed by atoms with Crippen molar-refractivity contribution in [3.8, 4) is 11.5 Å². The fourth-order valence-electron chi connectivity index (χ4n) is 2.27. The van der Waals surface area contributed by atoms with Gasteiger partial charge in [-0.2, -0.15) is 0 Å². The predicted octanol–water partition coefficient (Wildman–Crippen LogP) is 5.35. The summed E-state index contributed by atoms with van der Waals surface area (Å²) in [4.78, 5) is 0. The lowest BCUT2D eigenvalue weighted by Crippen LogP contribution is -2.10. The zero-order valence-electron chi connectivity index (χ0n) is 17.2. The van der Waals surface area contributed by atoms with Gasteiger partial charge < -0.3 is 18.9 Å². The fraction of sp³-hybridized carbons (Fsp3) is 0.727. The molecule has 1 aromatic carbocycles. The average Bonchev–Trinajstić information content (AvgIpc) is 2.67. The lowest BCUT2D eigenvalue weighted by atomic mass is 10.1. The topological polar surface area (TPSA) is 36.9 Å². The minimum absolute atomic E-state index is 0.558. The van der Waals surface area contributed by atoms with Crippen LogP contribution in [0.1, 0.15) is 53.4 Å². The van der Waals surface area contributed by atoms with Crippen molar-refractivity contribution >= 4 is 0 Å². The first-order chi connectivity index (χ1) is 12.7. The Kier molecular flexibility index (Phi) is 13.0. The van der Waals surface area contributed by atoms with E-state index in [1.54, 1.807) is 0 Å². The molecule has 0 amide bonds.